The molecule has 0 N–H and O–H groups in total. The Labute approximate surface area is 48.0 Å². The van der Waals surface area contributed by atoms with Crippen molar-refractivity contribution < 1.29 is 0 Å². The molecule has 0 rings (SSSR count). The highest BCUT2D eigenvalue weighted by Gasteiger charge is 2.12. The SMILES string of the molecule is C[Si](C)(C)[Si]C#N. The molecule has 38 valence electrons. The van der Waals surface area contributed by atoms with Gasteiger partial charge in [0.05, 0.1) is 7.59 Å². The maximum Gasteiger partial charge on any atom is 0.173 e. The van der Waals surface area contributed by atoms with Crippen molar-refractivity contribution in [1.82, 2.24) is 0 Å². The normalized spacial score (nSPS) is 10.6. The molecule has 0 saturated heterocycles. The van der Waals surface area contributed by atoms with Crippen LogP contribution in [0.1, 0.15) is 0 Å². The van der Waals surface area contributed by atoms with Gasteiger partial charge in [-0.15, -0.1) is 0 Å². The van der Waals surface area contributed by atoms with Crippen molar-refractivity contribution in [3.63, 3.8) is 0 Å². The molecule has 7 heavy (non-hydrogen) atoms. The zero-order valence-corrected chi connectivity index (χ0v) is 6.95. The van der Waals surface area contributed by atoms with Crippen LogP contribution < -0.4 is 0 Å². The molecule has 0 aliphatic carbocycles. The molecule has 0 unspecified atom stereocenters. The Bertz CT molecular complexity index is 86.8. The molecule has 0 fully saturated rings. The van der Waals surface area contributed by atoms with Crippen molar-refractivity contribution in [3.05, 3.63) is 0 Å². The topological polar surface area (TPSA) is 23.8 Å². The van der Waals surface area contributed by atoms with E-state index < -0.39 is 7.59 Å². The number of hydrogen-bond donors (Lipinski definition) is 0. The highest BCUT2D eigenvalue weighted by molar-refractivity contribution is 7.25. The van der Waals surface area contributed by atoms with Gasteiger partial charge in [-0.2, -0.15) is 0 Å². The predicted octanol–water partition coefficient (Wildman–Crippen LogP) is 1.01. The molecule has 3 heteroatoms. The smallest absolute Gasteiger partial charge is 0.173 e. The summed E-state index contributed by atoms with van der Waals surface area (Å²) in [5.41, 5.74) is 2.20. The Morgan fingerprint density at radius 1 is 1.43 bits per heavy atom. The summed E-state index contributed by atoms with van der Waals surface area (Å²) in [7, 11) is -0.422. The van der Waals surface area contributed by atoms with Gasteiger partial charge in [0, 0.05) is 5.69 Å². The van der Waals surface area contributed by atoms with Crippen LogP contribution in [0.5, 0.6) is 0 Å². The third-order valence-electron chi connectivity index (χ3n) is 0.431. The summed E-state index contributed by atoms with van der Waals surface area (Å²) >= 11 is 0. The lowest BCUT2D eigenvalue weighted by atomic mass is 11.8. The first-order valence-corrected chi connectivity index (χ1v) is 7.72. The molecule has 0 atom stereocenters. The first kappa shape index (κ1) is 6.92. The van der Waals surface area contributed by atoms with Crippen molar-refractivity contribution in [2.45, 2.75) is 19.6 Å². The van der Waals surface area contributed by atoms with E-state index in [1.807, 2.05) is 0 Å². The monoisotopic (exact) mass is 127 g/mol. The summed E-state index contributed by atoms with van der Waals surface area (Å²) in [5, 5.41) is 8.20. The van der Waals surface area contributed by atoms with E-state index >= 15 is 0 Å². The van der Waals surface area contributed by atoms with Crippen molar-refractivity contribution in [2.75, 3.05) is 0 Å². The van der Waals surface area contributed by atoms with Gasteiger partial charge in [0.25, 0.3) is 0 Å². The third kappa shape index (κ3) is 5.92. The van der Waals surface area contributed by atoms with Gasteiger partial charge >= 0.3 is 0 Å². The fraction of sp³-hybridized carbons (Fsp3) is 0.750. The highest BCUT2D eigenvalue weighted by Crippen LogP contribution is 1.94. The van der Waals surface area contributed by atoms with Crippen LogP contribution >= 0.6 is 0 Å². The molecule has 0 spiro atoms. The van der Waals surface area contributed by atoms with Crippen LogP contribution in [0.15, 0.2) is 0 Å². The first-order chi connectivity index (χ1) is 3.06. The predicted molar refractivity (Wildman–Crippen MR) is 34.7 cm³/mol. The molecule has 0 aromatic rings. The van der Waals surface area contributed by atoms with Crippen LogP contribution in [0.2, 0.25) is 19.6 Å². The minimum absolute atomic E-state index is 0.569. The Balaban J connectivity index is 3.40. The number of rotatable bonds is 1. The van der Waals surface area contributed by atoms with Crippen LogP contribution in [-0.2, 0) is 0 Å². The van der Waals surface area contributed by atoms with Gasteiger partial charge in [0.2, 0.25) is 0 Å². The maximum atomic E-state index is 8.20. The molecule has 0 heterocycles. The molecule has 0 saturated carbocycles. The second-order valence-corrected chi connectivity index (χ2v) is 12.7. The summed E-state index contributed by atoms with van der Waals surface area (Å²) in [6, 6.07) is 0. The summed E-state index contributed by atoms with van der Waals surface area (Å²) in [6.45, 7) is 6.61. The van der Waals surface area contributed by atoms with E-state index in [2.05, 4.69) is 25.3 Å². The van der Waals surface area contributed by atoms with E-state index in [0.717, 1.165) is 0 Å². The molecule has 0 aliphatic heterocycles. The summed E-state index contributed by atoms with van der Waals surface area (Å²) in [4.78, 5) is 0. The Hall–Kier alpha value is -0.0762. The number of nitrogens with zero attached hydrogens (tertiary/aromatic N) is 1. The zero-order valence-electron chi connectivity index (χ0n) is 4.95. The van der Waals surface area contributed by atoms with Crippen LogP contribution in [0.3, 0.4) is 0 Å². The summed E-state index contributed by atoms with van der Waals surface area (Å²) in [6.07, 6.45) is 0. The van der Waals surface area contributed by atoms with E-state index in [4.69, 9.17) is 5.26 Å². The van der Waals surface area contributed by atoms with Crippen LogP contribution in [0.4, 0.5) is 0 Å². The second-order valence-electron chi connectivity index (χ2n) is 2.49. The molecule has 0 aromatic carbocycles. The minimum Gasteiger partial charge on any atom is -0.208 e. The quantitative estimate of drug-likeness (QED) is 0.482. The van der Waals surface area contributed by atoms with Gasteiger partial charge in [-0.3, -0.25) is 0 Å². The average molecular weight is 127 g/mol. The molecular weight excluding hydrogens is 118 g/mol. The van der Waals surface area contributed by atoms with E-state index in [0.29, 0.717) is 9.04 Å². The maximum absolute atomic E-state index is 8.20. The second kappa shape index (κ2) is 2.29. The fourth-order valence-electron chi connectivity index (χ4n) is 0.168. The number of nitriles is 1. The van der Waals surface area contributed by atoms with Crippen LogP contribution in [0, 0.1) is 11.0 Å². The van der Waals surface area contributed by atoms with Gasteiger partial charge in [-0.1, -0.05) is 19.6 Å². The standard InChI is InChI=1S/C4H9NSi2/c1-7(2,3)6-4-5/h1-3H3. The Morgan fingerprint density at radius 2 is 1.86 bits per heavy atom. The van der Waals surface area contributed by atoms with Crippen molar-refractivity contribution in [1.29, 1.82) is 5.26 Å². The summed E-state index contributed by atoms with van der Waals surface area (Å²) < 4.78 is 0. The molecule has 0 aliphatic rings. The molecule has 0 amide bonds. The summed E-state index contributed by atoms with van der Waals surface area (Å²) in [5.74, 6) is 0. The van der Waals surface area contributed by atoms with Crippen molar-refractivity contribution >= 4 is 16.6 Å². The van der Waals surface area contributed by atoms with Gasteiger partial charge in [0.15, 0.2) is 9.04 Å². The highest BCUT2D eigenvalue weighted by atomic mass is 29.2. The lowest BCUT2D eigenvalue weighted by Gasteiger charge is -2.05. The molecule has 0 aromatic heterocycles. The van der Waals surface area contributed by atoms with Gasteiger partial charge in [0.1, 0.15) is 0 Å². The lowest BCUT2D eigenvalue weighted by Crippen LogP contribution is -2.28. The molecule has 1 nitrogen and oxygen atoms in total. The van der Waals surface area contributed by atoms with Gasteiger partial charge in [-0.25, -0.2) is 5.26 Å². The molecule has 0 bridgehead atoms. The number of hydrogen-bond acceptors (Lipinski definition) is 1. The van der Waals surface area contributed by atoms with Crippen LogP contribution in [0.25, 0.3) is 0 Å². The third-order valence-corrected chi connectivity index (χ3v) is 3.88. The van der Waals surface area contributed by atoms with Crippen LogP contribution in [-0.4, -0.2) is 16.6 Å². The fourth-order valence-corrected chi connectivity index (χ4v) is 1.51. The Kier molecular flexibility index (Phi) is 2.26. The van der Waals surface area contributed by atoms with Crippen molar-refractivity contribution in [3.8, 4) is 5.69 Å². The van der Waals surface area contributed by atoms with E-state index in [-0.39, 0.29) is 0 Å². The van der Waals surface area contributed by atoms with E-state index in [1.165, 1.54) is 0 Å². The minimum atomic E-state index is -0.991. The largest absolute Gasteiger partial charge is 0.208 e. The molecular formula is C4H9NSi2. The van der Waals surface area contributed by atoms with Crippen molar-refractivity contribution in [2.24, 2.45) is 0 Å². The van der Waals surface area contributed by atoms with E-state index in [1.54, 1.807) is 0 Å². The Morgan fingerprint density at radius 3 is 1.86 bits per heavy atom. The van der Waals surface area contributed by atoms with Gasteiger partial charge in [-0.05, 0) is 0 Å². The zero-order chi connectivity index (χ0) is 5.91. The lowest BCUT2D eigenvalue weighted by molar-refractivity contribution is 1.56. The first-order valence-electron chi connectivity index (χ1n) is 2.22. The molecule has 2 radical (unpaired) electrons. The van der Waals surface area contributed by atoms with E-state index in [9.17, 15) is 0 Å². The average Bonchev–Trinajstić information content (AvgIpc) is 1.30. The van der Waals surface area contributed by atoms with Gasteiger partial charge < -0.3 is 0 Å².